The monoisotopic (exact) mass is 330 g/mol. The molecule has 8 heteroatoms. The molecule has 0 aliphatic carbocycles. The van der Waals surface area contributed by atoms with Crippen molar-refractivity contribution in [2.75, 3.05) is 26.2 Å². The van der Waals surface area contributed by atoms with E-state index in [9.17, 15) is 22.0 Å². The van der Waals surface area contributed by atoms with E-state index in [0.717, 1.165) is 6.07 Å². The first kappa shape index (κ1) is 18.1. The second-order valence-electron chi connectivity index (χ2n) is 4.69. The molecule has 2 rings (SSSR count). The topological polar surface area (TPSA) is 15.3 Å². The van der Waals surface area contributed by atoms with E-state index in [-0.39, 0.29) is 12.4 Å². The second-order valence-corrected chi connectivity index (χ2v) is 4.69. The van der Waals surface area contributed by atoms with Gasteiger partial charge in [0.25, 0.3) is 0 Å². The van der Waals surface area contributed by atoms with Crippen LogP contribution < -0.4 is 5.32 Å². The summed E-state index contributed by atoms with van der Waals surface area (Å²) >= 11 is 0. The van der Waals surface area contributed by atoms with Gasteiger partial charge in [0.15, 0.2) is 11.6 Å². The molecule has 1 fully saturated rings. The first-order valence-electron chi connectivity index (χ1n) is 6.37. The Balaban J connectivity index is 0.00000220. The molecule has 0 radical (unpaired) electrons. The van der Waals surface area contributed by atoms with Gasteiger partial charge in [0.2, 0.25) is 6.43 Å². The molecular formula is C13H16ClF5N2. The minimum Gasteiger partial charge on any atom is -0.314 e. The van der Waals surface area contributed by atoms with Gasteiger partial charge in [0.1, 0.15) is 5.82 Å². The number of alkyl halides is 2. The second kappa shape index (κ2) is 7.91. The smallest absolute Gasteiger partial charge is 0.240 e. The highest BCUT2D eigenvalue weighted by atomic mass is 35.5. The number of benzene rings is 1. The number of hydrogen-bond acceptors (Lipinski definition) is 2. The lowest BCUT2D eigenvalue weighted by atomic mass is 9.99. The fourth-order valence-electron chi connectivity index (χ4n) is 2.46. The first-order chi connectivity index (χ1) is 9.50. The van der Waals surface area contributed by atoms with Crippen molar-refractivity contribution in [2.24, 2.45) is 0 Å². The Hall–Kier alpha value is -0.920. The van der Waals surface area contributed by atoms with Crippen LogP contribution in [0.3, 0.4) is 0 Å². The Bertz CT molecular complexity index is 466. The maximum Gasteiger partial charge on any atom is 0.240 e. The van der Waals surface area contributed by atoms with Crippen molar-refractivity contribution in [3.63, 3.8) is 0 Å². The van der Waals surface area contributed by atoms with Crippen molar-refractivity contribution in [1.82, 2.24) is 10.2 Å². The van der Waals surface area contributed by atoms with Crippen LogP contribution >= 0.6 is 12.4 Å². The summed E-state index contributed by atoms with van der Waals surface area (Å²) in [7, 11) is 0. The molecule has 0 amide bonds. The van der Waals surface area contributed by atoms with Crippen molar-refractivity contribution in [3.8, 4) is 0 Å². The van der Waals surface area contributed by atoms with Crippen LogP contribution in [0, 0.1) is 17.5 Å². The zero-order valence-electron chi connectivity index (χ0n) is 11.1. The van der Waals surface area contributed by atoms with Gasteiger partial charge in [-0.25, -0.2) is 22.0 Å². The van der Waals surface area contributed by atoms with Gasteiger partial charge in [0, 0.05) is 44.2 Å². The number of nitrogens with zero attached hydrogens (tertiary/aromatic N) is 1. The maximum atomic E-state index is 13.8. The van der Waals surface area contributed by atoms with E-state index in [1.54, 1.807) is 4.90 Å². The van der Waals surface area contributed by atoms with Gasteiger partial charge < -0.3 is 5.32 Å². The van der Waals surface area contributed by atoms with Gasteiger partial charge in [-0.1, -0.05) is 0 Å². The van der Waals surface area contributed by atoms with Crippen LogP contribution in [-0.4, -0.2) is 37.5 Å². The molecule has 1 heterocycles. The van der Waals surface area contributed by atoms with Gasteiger partial charge in [0.05, 0.1) is 0 Å². The Morgan fingerprint density at radius 1 is 1.05 bits per heavy atom. The molecule has 0 spiro atoms. The van der Waals surface area contributed by atoms with Crippen molar-refractivity contribution in [3.05, 3.63) is 35.1 Å². The quantitative estimate of drug-likeness (QED) is 0.674. The molecule has 1 saturated heterocycles. The highest BCUT2D eigenvalue weighted by Crippen LogP contribution is 2.32. The highest BCUT2D eigenvalue weighted by molar-refractivity contribution is 5.85. The molecule has 120 valence electrons. The largest absolute Gasteiger partial charge is 0.314 e. The number of rotatable bonds is 4. The molecule has 0 unspecified atom stereocenters. The molecule has 0 aromatic heterocycles. The first-order valence-corrected chi connectivity index (χ1v) is 6.37. The molecule has 2 nitrogen and oxygen atoms in total. The predicted molar refractivity (Wildman–Crippen MR) is 71.4 cm³/mol. The van der Waals surface area contributed by atoms with Crippen LogP contribution in [0.4, 0.5) is 22.0 Å². The van der Waals surface area contributed by atoms with Crippen LogP contribution in [0.25, 0.3) is 0 Å². The lowest BCUT2D eigenvalue weighted by Gasteiger charge is -2.35. The van der Waals surface area contributed by atoms with Gasteiger partial charge in [-0.3, -0.25) is 4.90 Å². The Morgan fingerprint density at radius 3 is 2.19 bits per heavy atom. The molecule has 1 aromatic rings. The maximum absolute atomic E-state index is 13.8. The summed E-state index contributed by atoms with van der Waals surface area (Å²) in [5.74, 6) is -3.60. The van der Waals surface area contributed by atoms with E-state index in [2.05, 4.69) is 5.32 Å². The molecule has 21 heavy (non-hydrogen) atoms. The van der Waals surface area contributed by atoms with Crippen LogP contribution in [0.1, 0.15) is 18.0 Å². The third-order valence-electron chi connectivity index (χ3n) is 3.41. The van der Waals surface area contributed by atoms with Gasteiger partial charge >= 0.3 is 0 Å². The summed E-state index contributed by atoms with van der Waals surface area (Å²) in [6.45, 7) is 1.84. The van der Waals surface area contributed by atoms with E-state index in [1.165, 1.54) is 0 Å². The minimum atomic E-state index is -2.73. The van der Waals surface area contributed by atoms with E-state index in [4.69, 9.17) is 0 Å². The number of hydrogen-bond donors (Lipinski definition) is 1. The van der Waals surface area contributed by atoms with Gasteiger partial charge in [-0.05, 0) is 12.1 Å². The summed E-state index contributed by atoms with van der Waals surface area (Å²) in [4.78, 5) is 1.56. The lowest BCUT2D eigenvalue weighted by molar-refractivity contribution is 0.0706. The van der Waals surface area contributed by atoms with Crippen molar-refractivity contribution in [1.29, 1.82) is 0 Å². The predicted octanol–water partition coefficient (Wildman–Crippen LogP) is 3.13. The van der Waals surface area contributed by atoms with E-state index in [0.29, 0.717) is 32.2 Å². The van der Waals surface area contributed by atoms with Crippen molar-refractivity contribution < 1.29 is 22.0 Å². The average Bonchev–Trinajstić information content (AvgIpc) is 2.43. The molecule has 1 aromatic carbocycles. The van der Waals surface area contributed by atoms with Crippen LogP contribution in [0.2, 0.25) is 0 Å². The fraction of sp³-hybridized carbons (Fsp3) is 0.538. The third kappa shape index (κ3) is 4.28. The summed E-state index contributed by atoms with van der Waals surface area (Å²) in [5.41, 5.74) is -0.604. The normalized spacial score (nSPS) is 17.6. The molecule has 0 saturated carbocycles. The van der Waals surface area contributed by atoms with Gasteiger partial charge in [-0.2, -0.15) is 0 Å². The van der Waals surface area contributed by atoms with Crippen molar-refractivity contribution >= 4 is 12.4 Å². The Kier molecular flexibility index (Phi) is 6.83. The number of nitrogens with one attached hydrogen (secondary N) is 1. The summed E-state index contributed by atoms with van der Waals surface area (Å²) in [5, 5.41) is 3.02. The fourth-order valence-corrected chi connectivity index (χ4v) is 2.46. The molecule has 0 bridgehead atoms. The molecule has 1 aliphatic heterocycles. The van der Waals surface area contributed by atoms with Crippen LogP contribution in [0.15, 0.2) is 12.1 Å². The minimum absolute atomic E-state index is 0. The highest BCUT2D eigenvalue weighted by Gasteiger charge is 2.31. The molecular weight excluding hydrogens is 315 g/mol. The van der Waals surface area contributed by atoms with E-state index >= 15 is 0 Å². The van der Waals surface area contributed by atoms with Gasteiger partial charge in [-0.15, -0.1) is 12.4 Å². The molecule has 1 atom stereocenters. The van der Waals surface area contributed by atoms with E-state index in [1.807, 2.05) is 0 Å². The summed E-state index contributed by atoms with van der Waals surface area (Å²) in [6, 6.07) is 0.271. The zero-order chi connectivity index (χ0) is 14.7. The van der Waals surface area contributed by atoms with Crippen molar-refractivity contribution in [2.45, 2.75) is 18.9 Å². The van der Waals surface area contributed by atoms with Crippen LogP contribution in [0.5, 0.6) is 0 Å². The molecule has 1 N–H and O–H groups in total. The standard InChI is InChI=1S/C13H15F5N2.ClH/c14-8-1-2-9(15)13(18)12(8)10(7-11(16)17)20-5-3-19-4-6-20;/h1-2,10-11,19H,3-7H2;1H/t10-;/m0./s1. The van der Waals surface area contributed by atoms with Crippen LogP contribution in [-0.2, 0) is 0 Å². The summed E-state index contributed by atoms with van der Waals surface area (Å²) < 4.78 is 66.3. The number of halogens is 6. The summed E-state index contributed by atoms with van der Waals surface area (Å²) in [6.07, 6.45) is -3.45. The third-order valence-corrected chi connectivity index (χ3v) is 3.41. The number of piperazine rings is 1. The molecule has 1 aliphatic rings. The average molecular weight is 331 g/mol. The van der Waals surface area contributed by atoms with E-state index < -0.39 is 41.9 Å². The zero-order valence-corrected chi connectivity index (χ0v) is 11.9. The Morgan fingerprint density at radius 2 is 1.62 bits per heavy atom. The lowest BCUT2D eigenvalue weighted by Crippen LogP contribution is -2.46. The Labute approximate surface area is 125 Å². The SMILES string of the molecule is Cl.Fc1ccc(F)c([C@H](CC(F)F)N2CCNCC2)c1F.